The molecular formula is C12H19NO4. The molecule has 2 aliphatic rings. The van der Waals surface area contributed by atoms with Crippen molar-refractivity contribution in [3.8, 4) is 0 Å². The maximum absolute atomic E-state index is 12.3. The SMILES string of the molecule is CC1(C)[C@H](C(=O)O)[C@@H]1C(=O)N1CCCOCC1. The van der Waals surface area contributed by atoms with Crippen molar-refractivity contribution in [2.45, 2.75) is 20.3 Å². The lowest BCUT2D eigenvalue weighted by Crippen LogP contribution is -2.35. The molecule has 1 N–H and O–H groups in total. The number of amides is 1. The minimum atomic E-state index is -0.862. The second-order valence-corrected chi connectivity index (χ2v) is 5.41. The molecular weight excluding hydrogens is 222 g/mol. The number of nitrogens with zero attached hydrogens (tertiary/aromatic N) is 1. The first-order chi connectivity index (χ1) is 7.96. The Bertz CT molecular complexity index is 331. The smallest absolute Gasteiger partial charge is 0.307 e. The van der Waals surface area contributed by atoms with E-state index in [-0.39, 0.29) is 11.8 Å². The van der Waals surface area contributed by atoms with Crippen molar-refractivity contribution in [3.63, 3.8) is 0 Å². The van der Waals surface area contributed by atoms with E-state index in [9.17, 15) is 9.59 Å². The predicted octanol–water partition coefficient (Wildman–Crippen LogP) is 0.592. The van der Waals surface area contributed by atoms with Gasteiger partial charge in [-0.25, -0.2) is 0 Å². The first-order valence-corrected chi connectivity index (χ1v) is 6.05. The third-order valence-electron chi connectivity index (χ3n) is 3.89. The van der Waals surface area contributed by atoms with Crippen LogP contribution in [0.3, 0.4) is 0 Å². The van der Waals surface area contributed by atoms with Gasteiger partial charge in [0.05, 0.1) is 18.4 Å². The third-order valence-corrected chi connectivity index (χ3v) is 3.89. The second-order valence-electron chi connectivity index (χ2n) is 5.41. The number of hydrogen-bond donors (Lipinski definition) is 1. The molecule has 96 valence electrons. The van der Waals surface area contributed by atoms with Crippen LogP contribution in [-0.2, 0) is 14.3 Å². The Labute approximate surface area is 101 Å². The van der Waals surface area contributed by atoms with Gasteiger partial charge in [0.1, 0.15) is 0 Å². The van der Waals surface area contributed by atoms with E-state index < -0.39 is 17.3 Å². The molecule has 1 heterocycles. The van der Waals surface area contributed by atoms with Crippen LogP contribution < -0.4 is 0 Å². The van der Waals surface area contributed by atoms with E-state index in [4.69, 9.17) is 9.84 Å². The van der Waals surface area contributed by atoms with Crippen molar-refractivity contribution in [3.05, 3.63) is 0 Å². The van der Waals surface area contributed by atoms with E-state index in [0.717, 1.165) is 6.42 Å². The molecule has 0 bridgehead atoms. The van der Waals surface area contributed by atoms with E-state index >= 15 is 0 Å². The summed E-state index contributed by atoms with van der Waals surface area (Å²) >= 11 is 0. The zero-order chi connectivity index (χ0) is 12.6. The first-order valence-electron chi connectivity index (χ1n) is 6.05. The third kappa shape index (κ3) is 2.16. The summed E-state index contributed by atoms with van der Waals surface area (Å²) in [6.07, 6.45) is 0.830. The van der Waals surface area contributed by atoms with Crippen LogP contribution in [0.4, 0.5) is 0 Å². The van der Waals surface area contributed by atoms with Crippen molar-refractivity contribution in [1.82, 2.24) is 4.90 Å². The van der Waals surface area contributed by atoms with E-state index in [0.29, 0.717) is 26.3 Å². The number of hydrogen-bond acceptors (Lipinski definition) is 3. The lowest BCUT2D eigenvalue weighted by molar-refractivity contribution is -0.142. The van der Waals surface area contributed by atoms with Gasteiger partial charge in [0.25, 0.3) is 0 Å². The number of aliphatic carboxylic acids is 1. The van der Waals surface area contributed by atoms with Gasteiger partial charge in [0, 0.05) is 19.7 Å². The van der Waals surface area contributed by atoms with Crippen LogP contribution in [0.1, 0.15) is 20.3 Å². The molecule has 1 aliphatic heterocycles. The van der Waals surface area contributed by atoms with Gasteiger partial charge in [-0.2, -0.15) is 0 Å². The van der Waals surface area contributed by atoms with Gasteiger partial charge < -0.3 is 14.7 Å². The lowest BCUT2D eigenvalue weighted by atomic mass is 10.1. The number of ether oxygens (including phenoxy) is 1. The number of carboxylic acid groups (broad SMARTS) is 1. The van der Waals surface area contributed by atoms with E-state index in [1.807, 2.05) is 13.8 Å². The summed E-state index contributed by atoms with van der Waals surface area (Å²) in [5.74, 6) is -1.77. The Kier molecular flexibility index (Phi) is 3.12. The molecule has 17 heavy (non-hydrogen) atoms. The summed E-state index contributed by atoms with van der Waals surface area (Å²) in [5.41, 5.74) is -0.407. The van der Waals surface area contributed by atoms with Gasteiger partial charge in [0.15, 0.2) is 0 Å². The summed E-state index contributed by atoms with van der Waals surface area (Å²) in [5, 5.41) is 9.07. The van der Waals surface area contributed by atoms with Crippen LogP contribution in [0, 0.1) is 17.3 Å². The van der Waals surface area contributed by atoms with Crippen molar-refractivity contribution >= 4 is 11.9 Å². The van der Waals surface area contributed by atoms with Gasteiger partial charge in [-0.05, 0) is 11.8 Å². The molecule has 1 saturated carbocycles. The Morgan fingerprint density at radius 2 is 1.94 bits per heavy atom. The number of rotatable bonds is 2. The van der Waals surface area contributed by atoms with Gasteiger partial charge in [-0.3, -0.25) is 9.59 Å². The molecule has 0 aromatic carbocycles. The van der Waals surface area contributed by atoms with Crippen molar-refractivity contribution in [2.75, 3.05) is 26.3 Å². The molecule has 0 radical (unpaired) electrons. The molecule has 2 fully saturated rings. The number of carbonyl (C=O) groups is 2. The highest BCUT2D eigenvalue weighted by atomic mass is 16.5. The fourth-order valence-electron chi connectivity index (χ4n) is 2.72. The molecule has 0 unspecified atom stereocenters. The zero-order valence-electron chi connectivity index (χ0n) is 10.3. The fourth-order valence-corrected chi connectivity index (χ4v) is 2.72. The van der Waals surface area contributed by atoms with Gasteiger partial charge >= 0.3 is 5.97 Å². The van der Waals surface area contributed by atoms with Gasteiger partial charge in [0.2, 0.25) is 5.91 Å². The Morgan fingerprint density at radius 3 is 2.53 bits per heavy atom. The molecule has 5 nitrogen and oxygen atoms in total. The average Bonchev–Trinajstić information content (AvgIpc) is 2.90. The van der Waals surface area contributed by atoms with Crippen LogP contribution in [0.15, 0.2) is 0 Å². The summed E-state index contributed by atoms with van der Waals surface area (Å²) in [6, 6.07) is 0. The minimum absolute atomic E-state index is 0.0205. The molecule has 2 rings (SSSR count). The highest BCUT2D eigenvalue weighted by molar-refractivity contribution is 5.91. The topological polar surface area (TPSA) is 66.8 Å². The van der Waals surface area contributed by atoms with E-state index in [2.05, 4.69) is 0 Å². The highest BCUT2D eigenvalue weighted by Crippen LogP contribution is 2.59. The highest BCUT2D eigenvalue weighted by Gasteiger charge is 2.66. The fraction of sp³-hybridized carbons (Fsp3) is 0.833. The molecule has 0 aromatic heterocycles. The van der Waals surface area contributed by atoms with Crippen LogP contribution >= 0.6 is 0 Å². The van der Waals surface area contributed by atoms with Crippen LogP contribution in [-0.4, -0.2) is 48.2 Å². The van der Waals surface area contributed by atoms with Crippen molar-refractivity contribution < 1.29 is 19.4 Å². The molecule has 0 spiro atoms. The number of carbonyl (C=O) groups excluding carboxylic acids is 1. The van der Waals surface area contributed by atoms with Crippen molar-refractivity contribution in [1.29, 1.82) is 0 Å². The van der Waals surface area contributed by atoms with E-state index in [1.165, 1.54) is 0 Å². The average molecular weight is 241 g/mol. The maximum Gasteiger partial charge on any atom is 0.307 e. The molecule has 1 saturated heterocycles. The first kappa shape index (κ1) is 12.4. The molecule has 1 aliphatic carbocycles. The molecule has 5 heteroatoms. The normalized spacial score (nSPS) is 31.8. The van der Waals surface area contributed by atoms with Gasteiger partial charge in [-0.15, -0.1) is 0 Å². The van der Waals surface area contributed by atoms with Crippen LogP contribution in [0.5, 0.6) is 0 Å². The molecule has 0 aromatic rings. The lowest BCUT2D eigenvalue weighted by Gasteiger charge is -2.20. The summed E-state index contributed by atoms with van der Waals surface area (Å²) in [7, 11) is 0. The minimum Gasteiger partial charge on any atom is -0.481 e. The number of carboxylic acids is 1. The van der Waals surface area contributed by atoms with E-state index in [1.54, 1.807) is 4.90 Å². The van der Waals surface area contributed by atoms with Gasteiger partial charge in [-0.1, -0.05) is 13.8 Å². The molecule has 2 atom stereocenters. The molecule has 1 amide bonds. The van der Waals surface area contributed by atoms with Crippen molar-refractivity contribution in [2.24, 2.45) is 17.3 Å². The second kappa shape index (κ2) is 4.29. The standard InChI is InChI=1S/C12H19NO4/c1-12(2)8(9(12)11(15)16)10(14)13-4-3-6-17-7-5-13/h8-9H,3-7H2,1-2H3,(H,15,16)/t8-,9+/m1/s1. The largest absolute Gasteiger partial charge is 0.481 e. The summed E-state index contributed by atoms with van der Waals surface area (Å²) in [6.45, 7) is 6.19. The Morgan fingerprint density at radius 1 is 1.24 bits per heavy atom. The Hall–Kier alpha value is -1.10. The predicted molar refractivity (Wildman–Crippen MR) is 60.4 cm³/mol. The summed E-state index contributed by atoms with van der Waals surface area (Å²) in [4.78, 5) is 25.1. The zero-order valence-corrected chi connectivity index (χ0v) is 10.3. The quantitative estimate of drug-likeness (QED) is 0.768. The monoisotopic (exact) mass is 241 g/mol. The Balaban J connectivity index is 2.03. The van der Waals surface area contributed by atoms with Crippen LogP contribution in [0.25, 0.3) is 0 Å². The summed E-state index contributed by atoms with van der Waals surface area (Å²) < 4.78 is 5.29. The maximum atomic E-state index is 12.3. The van der Waals surface area contributed by atoms with Crippen LogP contribution in [0.2, 0.25) is 0 Å².